The fraction of sp³-hybridized carbons (Fsp3) is 0.200. The van der Waals surface area contributed by atoms with E-state index in [0.29, 0.717) is 16.5 Å². The first-order valence-corrected chi connectivity index (χ1v) is 4.94. The van der Waals surface area contributed by atoms with Gasteiger partial charge in [0.2, 0.25) is 5.91 Å². The van der Waals surface area contributed by atoms with Crippen LogP contribution in [0.1, 0.15) is 0 Å². The number of ether oxygens (including phenoxy) is 1. The number of nitrogens with one attached hydrogen (secondary N) is 1. The zero-order valence-corrected chi connectivity index (χ0v) is 9.25. The predicted octanol–water partition coefficient (Wildman–Crippen LogP) is 1.40. The number of carbonyl (C=O) groups is 2. The van der Waals surface area contributed by atoms with Crippen LogP contribution in [0, 0.1) is 0 Å². The van der Waals surface area contributed by atoms with Crippen molar-refractivity contribution >= 4 is 29.2 Å². The van der Waals surface area contributed by atoms with Crippen LogP contribution in [0.4, 0.5) is 10.5 Å². The number of urea groups is 1. The highest BCUT2D eigenvalue weighted by Gasteiger charge is 2.28. The Morgan fingerprint density at radius 3 is 2.75 bits per heavy atom. The fourth-order valence-corrected chi connectivity index (χ4v) is 1.66. The maximum Gasteiger partial charge on any atom is 0.329 e. The van der Waals surface area contributed by atoms with Crippen molar-refractivity contribution in [2.24, 2.45) is 0 Å². The van der Waals surface area contributed by atoms with Crippen molar-refractivity contribution in [3.8, 4) is 5.75 Å². The van der Waals surface area contributed by atoms with Gasteiger partial charge in [-0.2, -0.15) is 0 Å². The molecule has 0 spiro atoms. The molecular weight excluding hydrogens is 232 g/mol. The normalized spacial score (nSPS) is 15.2. The van der Waals surface area contributed by atoms with Crippen LogP contribution in [0.15, 0.2) is 18.2 Å². The molecule has 1 aromatic carbocycles. The summed E-state index contributed by atoms with van der Waals surface area (Å²) >= 11 is 5.86. The molecule has 6 heteroatoms. The van der Waals surface area contributed by atoms with Crippen LogP contribution in [-0.2, 0) is 4.79 Å². The Morgan fingerprint density at radius 1 is 1.44 bits per heavy atom. The van der Waals surface area contributed by atoms with Crippen LogP contribution in [0.3, 0.4) is 0 Å². The number of hydrogen-bond acceptors (Lipinski definition) is 3. The summed E-state index contributed by atoms with van der Waals surface area (Å²) < 4.78 is 5.03. The first-order valence-electron chi connectivity index (χ1n) is 4.56. The Labute approximate surface area is 96.9 Å². The standard InChI is InChI=1S/C10H9ClN2O3/c1-16-8-4-6(2-3-7(8)11)13-5-9(14)12-10(13)15/h2-4H,5H2,1H3,(H,12,14,15). The molecule has 1 aromatic rings. The number of halogens is 1. The maximum absolute atomic E-state index is 11.4. The molecule has 1 heterocycles. The van der Waals surface area contributed by atoms with Gasteiger partial charge >= 0.3 is 6.03 Å². The average molecular weight is 241 g/mol. The number of benzene rings is 1. The SMILES string of the molecule is COc1cc(N2CC(=O)NC2=O)ccc1Cl. The van der Waals surface area contributed by atoms with Crippen molar-refractivity contribution in [2.75, 3.05) is 18.6 Å². The molecule has 0 unspecified atom stereocenters. The number of imide groups is 1. The van der Waals surface area contributed by atoms with Gasteiger partial charge in [-0.1, -0.05) is 11.6 Å². The van der Waals surface area contributed by atoms with Crippen LogP contribution in [0.2, 0.25) is 5.02 Å². The highest BCUT2D eigenvalue weighted by molar-refractivity contribution is 6.32. The fourth-order valence-electron chi connectivity index (χ4n) is 1.47. The molecule has 1 saturated heterocycles. The summed E-state index contributed by atoms with van der Waals surface area (Å²) in [6.07, 6.45) is 0. The molecule has 2 rings (SSSR count). The molecule has 0 saturated carbocycles. The number of hydrogen-bond donors (Lipinski definition) is 1. The average Bonchev–Trinajstić information content (AvgIpc) is 2.59. The largest absolute Gasteiger partial charge is 0.495 e. The van der Waals surface area contributed by atoms with E-state index in [0.717, 1.165) is 0 Å². The second kappa shape index (κ2) is 4.02. The highest BCUT2D eigenvalue weighted by atomic mass is 35.5. The lowest BCUT2D eigenvalue weighted by molar-refractivity contribution is -0.117. The Balaban J connectivity index is 2.34. The second-order valence-corrected chi connectivity index (χ2v) is 3.67. The monoisotopic (exact) mass is 240 g/mol. The first-order chi connectivity index (χ1) is 7.61. The zero-order valence-electron chi connectivity index (χ0n) is 8.49. The van der Waals surface area contributed by atoms with Gasteiger partial charge in [-0.25, -0.2) is 4.79 Å². The van der Waals surface area contributed by atoms with Gasteiger partial charge in [0.25, 0.3) is 0 Å². The van der Waals surface area contributed by atoms with Crippen LogP contribution in [0.5, 0.6) is 5.75 Å². The van der Waals surface area contributed by atoms with Gasteiger partial charge in [0.05, 0.1) is 12.1 Å². The molecule has 84 valence electrons. The zero-order chi connectivity index (χ0) is 11.7. The van der Waals surface area contributed by atoms with Gasteiger partial charge < -0.3 is 4.74 Å². The lowest BCUT2D eigenvalue weighted by atomic mass is 10.3. The third kappa shape index (κ3) is 1.81. The topological polar surface area (TPSA) is 58.6 Å². The molecule has 5 nitrogen and oxygen atoms in total. The summed E-state index contributed by atoms with van der Waals surface area (Å²) in [5.41, 5.74) is 0.574. The number of rotatable bonds is 2. The smallest absolute Gasteiger partial charge is 0.329 e. The van der Waals surface area contributed by atoms with Crippen LogP contribution in [0.25, 0.3) is 0 Å². The van der Waals surface area contributed by atoms with Crippen LogP contribution in [-0.4, -0.2) is 25.6 Å². The molecule has 0 aromatic heterocycles. The molecule has 1 aliphatic heterocycles. The molecule has 0 aliphatic carbocycles. The van der Waals surface area contributed by atoms with E-state index in [-0.39, 0.29) is 12.5 Å². The molecule has 16 heavy (non-hydrogen) atoms. The van der Waals surface area contributed by atoms with E-state index in [2.05, 4.69) is 5.32 Å². The predicted molar refractivity (Wildman–Crippen MR) is 58.9 cm³/mol. The van der Waals surface area contributed by atoms with E-state index in [4.69, 9.17) is 16.3 Å². The van der Waals surface area contributed by atoms with Crippen molar-refractivity contribution in [1.29, 1.82) is 0 Å². The van der Waals surface area contributed by atoms with E-state index >= 15 is 0 Å². The van der Waals surface area contributed by atoms with Gasteiger partial charge in [-0.05, 0) is 12.1 Å². The molecule has 3 amide bonds. The molecule has 0 bridgehead atoms. The van der Waals surface area contributed by atoms with E-state index in [9.17, 15) is 9.59 Å². The lowest BCUT2D eigenvalue weighted by Gasteiger charge is -2.14. The van der Waals surface area contributed by atoms with Gasteiger partial charge in [0.1, 0.15) is 12.3 Å². The van der Waals surface area contributed by atoms with Gasteiger partial charge in [0, 0.05) is 11.8 Å². The first kappa shape index (κ1) is 10.8. The van der Waals surface area contributed by atoms with Crippen LogP contribution >= 0.6 is 11.6 Å². The molecule has 0 radical (unpaired) electrons. The molecule has 1 N–H and O–H groups in total. The number of nitrogens with zero attached hydrogens (tertiary/aromatic N) is 1. The molecule has 1 fully saturated rings. The Bertz CT molecular complexity index is 461. The molecule has 1 aliphatic rings. The van der Waals surface area contributed by atoms with E-state index in [1.165, 1.54) is 12.0 Å². The minimum atomic E-state index is -0.436. The molecular formula is C10H9ClN2O3. The minimum absolute atomic E-state index is 0.0175. The second-order valence-electron chi connectivity index (χ2n) is 3.26. The van der Waals surface area contributed by atoms with E-state index < -0.39 is 6.03 Å². The van der Waals surface area contributed by atoms with Crippen molar-refractivity contribution in [2.45, 2.75) is 0 Å². The molecule has 0 atom stereocenters. The minimum Gasteiger partial charge on any atom is -0.495 e. The third-order valence-corrected chi connectivity index (χ3v) is 2.55. The summed E-state index contributed by atoms with van der Waals surface area (Å²) in [6, 6.07) is 4.45. The maximum atomic E-state index is 11.4. The summed E-state index contributed by atoms with van der Waals surface area (Å²) in [5.74, 6) is 0.144. The van der Waals surface area contributed by atoms with E-state index in [1.54, 1.807) is 18.2 Å². The van der Waals surface area contributed by atoms with Crippen molar-refractivity contribution in [1.82, 2.24) is 5.32 Å². The van der Waals surface area contributed by atoms with Crippen LogP contribution < -0.4 is 15.0 Å². The van der Waals surface area contributed by atoms with Gasteiger partial charge in [0.15, 0.2) is 0 Å². The summed E-state index contributed by atoms with van der Waals surface area (Å²) in [6.45, 7) is 0.0175. The summed E-state index contributed by atoms with van der Waals surface area (Å²) in [7, 11) is 1.49. The number of amides is 3. The van der Waals surface area contributed by atoms with Gasteiger partial charge in [-0.15, -0.1) is 0 Å². The number of carbonyl (C=O) groups excluding carboxylic acids is 2. The quantitative estimate of drug-likeness (QED) is 0.795. The summed E-state index contributed by atoms with van der Waals surface area (Å²) in [5, 5.41) is 2.65. The lowest BCUT2D eigenvalue weighted by Crippen LogP contribution is -2.27. The van der Waals surface area contributed by atoms with Crippen molar-refractivity contribution in [3.63, 3.8) is 0 Å². The number of anilines is 1. The van der Waals surface area contributed by atoms with E-state index in [1.807, 2.05) is 0 Å². The Kier molecular flexibility index (Phi) is 2.70. The van der Waals surface area contributed by atoms with Gasteiger partial charge in [-0.3, -0.25) is 15.0 Å². The number of methoxy groups -OCH3 is 1. The Morgan fingerprint density at radius 2 is 2.19 bits per heavy atom. The Hall–Kier alpha value is -1.75. The van der Waals surface area contributed by atoms with Crippen molar-refractivity contribution in [3.05, 3.63) is 23.2 Å². The third-order valence-electron chi connectivity index (χ3n) is 2.24. The van der Waals surface area contributed by atoms with Crippen molar-refractivity contribution < 1.29 is 14.3 Å². The highest BCUT2D eigenvalue weighted by Crippen LogP contribution is 2.29. The summed E-state index contributed by atoms with van der Waals surface area (Å²) in [4.78, 5) is 23.7.